The molecule has 1 aliphatic rings. The van der Waals surface area contributed by atoms with Crippen LogP contribution < -0.4 is 10.6 Å². The summed E-state index contributed by atoms with van der Waals surface area (Å²) in [5.41, 5.74) is 0.406. The zero-order chi connectivity index (χ0) is 16.3. The van der Waals surface area contributed by atoms with Crippen molar-refractivity contribution in [2.45, 2.75) is 51.3 Å². The third kappa shape index (κ3) is 4.85. The van der Waals surface area contributed by atoms with Crippen molar-refractivity contribution in [2.24, 2.45) is 0 Å². The largest absolute Gasteiger partial charge is 0.444 e. The van der Waals surface area contributed by atoms with Gasteiger partial charge < -0.3 is 15.4 Å². The van der Waals surface area contributed by atoms with Crippen LogP contribution in [-0.4, -0.2) is 24.3 Å². The van der Waals surface area contributed by atoms with E-state index in [1.807, 2.05) is 20.8 Å². The van der Waals surface area contributed by atoms with Gasteiger partial charge in [-0.3, -0.25) is 0 Å². The molecule has 4 nitrogen and oxygen atoms in total. The van der Waals surface area contributed by atoms with Crippen molar-refractivity contribution >= 4 is 17.7 Å². The Morgan fingerprint density at radius 1 is 1.45 bits per heavy atom. The molecule has 1 saturated heterocycles. The van der Waals surface area contributed by atoms with Crippen LogP contribution in [0.5, 0.6) is 0 Å². The van der Waals surface area contributed by atoms with Crippen molar-refractivity contribution in [3.8, 4) is 0 Å². The average Bonchev–Trinajstić information content (AvgIpc) is 2.40. The molecule has 1 heterocycles. The van der Waals surface area contributed by atoms with E-state index in [2.05, 4.69) is 10.6 Å². The van der Waals surface area contributed by atoms with Crippen LogP contribution in [0.4, 0.5) is 9.18 Å². The lowest BCUT2D eigenvalue weighted by atomic mass is 9.94. The number of carbonyl (C=O) groups is 1. The molecule has 0 radical (unpaired) electrons. The molecule has 2 rings (SSSR count). The predicted octanol–water partition coefficient (Wildman–Crippen LogP) is 3.80. The van der Waals surface area contributed by atoms with E-state index < -0.39 is 17.5 Å². The summed E-state index contributed by atoms with van der Waals surface area (Å²) in [7, 11) is 0. The number of rotatable bonds is 2. The number of piperidine rings is 1. The molecule has 2 atom stereocenters. The zero-order valence-electron chi connectivity index (χ0n) is 13.1. The molecule has 1 aromatic rings. The van der Waals surface area contributed by atoms with Gasteiger partial charge in [0.15, 0.2) is 0 Å². The van der Waals surface area contributed by atoms with Gasteiger partial charge >= 0.3 is 6.09 Å². The summed E-state index contributed by atoms with van der Waals surface area (Å²) in [5.74, 6) is -0.426. The summed E-state index contributed by atoms with van der Waals surface area (Å²) < 4.78 is 18.5. The maximum atomic E-state index is 13.2. The van der Waals surface area contributed by atoms with E-state index in [1.54, 1.807) is 12.1 Å². The Morgan fingerprint density at radius 3 is 2.82 bits per heavy atom. The van der Waals surface area contributed by atoms with Crippen LogP contribution in [0.1, 0.15) is 45.2 Å². The van der Waals surface area contributed by atoms with E-state index in [0.29, 0.717) is 6.42 Å². The Bertz CT molecular complexity index is 545. The van der Waals surface area contributed by atoms with Crippen LogP contribution in [0.25, 0.3) is 0 Å². The number of benzene rings is 1. The number of hydrogen-bond acceptors (Lipinski definition) is 3. The molecule has 22 heavy (non-hydrogen) atoms. The normalized spacial score (nSPS) is 22.2. The minimum atomic E-state index is -0.513. The number of alkyl carbamates (subject to hydrolysis) is 1. The molecule has 1 aromatic carbocycles. The predicted molar refractivity (Wildman–Crippen MR) is 84.5 cm³/mol. The highest BCUT2D eigenvalue weighted by molar-refractivity contribution is 6.30. The second-order valence-corrected chi connectivity index (χ2v) is 6.95. The molecule has 6 heteroatoms. The minimum Gasteiger partial charge on any atom is -0.444 e. The number of ether oxygens (including phenoxy) is 1. The first-order chi connectivity index (χ1) is 10.2. The maximum absolute atomic E-state index is 13.2. The fraction of sp³-hybridized carbons (Fsp3) is 0.562. The van der Waals surface area contributed by atoms with Gasteiger partial charge in [-0.2, -0.15) is 0 Å². The third-order valence-corrected chi connectivity index (χ3v) is 3.76. The van der Waals surface area contributed by atoms with Crippen LogP contribution in [0, 0.1) is 5.82 Å². The number of carbonyl (C=O) groups excluding carboxylic acids is 1. The van der Waals surface area contributed by atoms with E-state index in [-0.39, 0.29) is 17.1 Å². The Morgan fingerprint density at radius 2 is 2.18 bits per heavy atom. The van der Waals surface area contributed by atoms with Crippen molar-refractivity contribution in [2.75, 3.05) is 6.54 Å². The van der Waals surface area contributed by atoms with Crippen molar-refractivity contribution in [3.05, 3.63) is 34.6 Å². The van der Waals surface area contributed by atoms with Gasteiger partial charge in [0.1, 0.15) is 11.4 Å². The molecule has 0 aliphatic carbocycles. The lowest BCUT2D eigenvalue weighted by Gasteiger charge is -2.32. The van der Waals surface area contributed by atoms with Crippen LogP contribution in [0.2, 0.25) is 5.02 Å². The summed E-state index contributed by atoms with van der Waals surface area (Å²) in [5, 5.41) is 6.37. The van der Waals surface area contributed by atoms with Gasteiger partial charge in [0.2, 0.25) is 0 Å². The topological polar surface area (TPSA) is 50.4 Å². The molecule has 1 aliphatic heterocycles. The van der Waals surface area contributed by atoms with Gasteiger partial charge in [-0.25, -0.2) is 9.18 Å². The van der Waals surface area contributed by atoms with E-state index in [4.69, 9.17) is 16.3 Å². The number of amides is 1. The standard InChI is InChI=1S/C16H22ClFN2O2/c1-16(2,3)22-15(21)20-11-6-7-19-14(9-11)10-4-5-13(18)12(17)8-10/h4-5,8,11,14,19H,6-7,9H2,1-3H3,(H,20,21). The summed E-state index contributed by atoms with van der Waals surface area (Å²) >= 11 is 5.83. The van der Waals surface area contributed by atoms with Crippen molar-refractivity contribution in [3.63, 3.8) is 0 Å². The van der Waals surface area contributed by atoms with Gasteiger partial charge in [0.05, 0.1) is 5.02 Å². The molecule has 0 spiro atoms. The first kappa shape index (κ1) is 17.0. The second-order valence-electron chi connectivity index (χ2n) is 6.55. The molecule has 0 saturated carbocycles. The molecule has 2 N–H and O–H groups in total. The highest BCUT2D eigenvalue weighted by Gasteiger charge is 2.26. The van der Waals surface area contributed by atoms with Crippen molar-refractivity contribution in [1.29, 1.82) is 0 Å². The fourth-order valence-corrected chi connectivity index (χ4v) is 2.69. The van der Waals surface area contributed by atoms with E-state index in [1.165, 1.54) is 6.07 Å². The Labute approximate surface area is 135 Å². The lowest BCUT2D eigenvalue weighted by molar-refractivity contribution is 0.0490. The molecule has 0 aromatic heterocycles. The first-order valence-electron chi connectivity index (χ1n) is 7.42. The average molecular weight is 329 g/mol. The Hall–Kier alpha value is -1.33. The van der Waals surface area contributed by atoms with Crippen LogP contribution in [-0.2, 0) is 4.74 Å². The van der Waals surface area contributed by atoms with Gasteiger partial charge in [-0.15, -0.1) is 0 Å². The highest BCUT2D eigenvalue weighted by Crippen LogP contribution is 2.27. The fourth-order valence-electron chi connectivity index (χ4n) is 2.51. The van der Waals surface area contributed by atoms with Crippen LogP contribution >= 0.6 is 11.6 Å². The van der Waals surface area contributed by atoms with E-state index in [9.17, 15) is 9.18 Å². The van der Waals surface area contributed by atoms with Crippen molar-refractivity contribution in [1.82, 2.24) is 10.6 Å². The number of nitrogens with one attached hydrogen (secondary N) is 2. The molecular weight excluding hydrogens is 307 g/mol. The molecule has 0 bridgehead atoms. The van der Waals surface area contributed by atoms with Gasteiger partial charge in [0, 0.05) is 12.1 Å². The summed E-state index contributed by atoms with van der Waals surface area (Å²) in [4.78, 5) is 11.8. The van der Waals surface area contributed by atoms with Gasteiger partial charge in [-0.05, 0) is 57.9 Å². The lowest BCUT2D eigenvalue weighted by Crippen LogP contribution is -2.45. The smallest absolute Gasteiger partial charge is 0.407 e. The maximum Gasteiger partial charge on any atom is 0.407 e. The zero-order valence-corrected chi connectivity index (χ0v) is 13.8. The van der Waals surface area contributed by atoms with Gasteiger partial charge in [0.25, 0.3) is 0 Å². The van der Waals surface area contributed by atoms with Crippen molar-refractivity contribution < 1.29 is 13.9 Å². The molecule has 122 valence electrons. The number of hydrogen-bond donors (Lipinski definition) is 2. The SMILES string of the molecule is CC(C)(C)OC(=O)NC1CCNC(c2ccc(F)c(Cl)c2)C1. The summed E-state index contributed by atoms with van der Waals surface area (Å²) in [6.07, 6.45) is 1.13. The van der Waals surface area contributed by atoms with E-state index in [0.717, 1.165) is 18.5 Å². The van der Waals surface area contributed by atoms with Gasteiger partial charge in [-0.1, -0.05) is 17.7 Å². The molecular formula is C16H22ClFN2O2. The minimum absolute atomic E-state index is 0.0185. The summed E-state index contributed by atoms with van der Waals surface area (Å²) in [6.45, 7) is 6.26. The highest BCUT2D eigenvalue weighted by atomic mass is 35.5. The Balaban J connectivity index is 1.96. The quantitative estimate of drug-likeness (QED) is 0.868. The monoisotopic (exact) mass is 328 g/mol. The second kappa shape index (κ2) is 6.84. The van der Waals surface area contributed by atoms with Crippen LogP contribution in [0.15, 0.2) is 18.2 Å². The Kier molecular flexibility index (Phi) is 5.29. The molecule has 1 amide bonds. The molecule has 2 unspecified atom stereocenters. The third-order valence-electron chi connectivity index (χ3n) is 3.47. The first-order valence-corrected chi connectivity index (χ1v) is 7.80. The van der Waals surface area contributed by atoms with Crippen LogP contribution in [0.3, 0.4) is 0 Å². The van der Waals surface area contributed by atoms with E-state index >= 15 is 0 Å². The molecule has 1 fully saturated rings. The summed E-state index contributed by atoms with van der Waals surface area (Å²) in [6, 6.07) is 4.76. The number of halogens is 2.